The molecule has 0 atom stereocenters. The van der Waals surface area contributed by atoms with Crippen LogP contribution in [0.1, 0.15) is 39.0 Å². The molecule has 0 unspecified atom stereocenters. The quantitative estimate of drug-likeness (QED) is 0.442. The lowest BCUT2D eigenvalue weighted by molar-refractivity contribution is -0.132. The number of carboxylic acids is 1. The van der Waals surface area contributed by atoms with Gasteiger partial charge < -0.3 is 10.4 Å². The molecule has 0 heterocycles. The Labute approximate surface area is 86.2 Å². The minimum atomic E-state index is -0.863. The molecule has 3 heteroatoms. The number of rotatable bonds is 9. The molecule has 0 aromatic rings. The van der Waals surface area contributed by atoms with Crippen LogP contribution in [0.15, 0.2) is 12.2 Å². The summed E-state index contributed by atoms with van der Waals surface area (Å²) in [5, 5.41) is 11.8. The van der Waals surface area contributed by atoms with Crippen LogP contribution in [-0.2, 0) is 4.79 Å². The van der Waals surface area contributed by atoms with Crippen LogP contribution < -0.4 is 5.32 Å². The van der Waals surface area contributed by atoms with Crippen molar-refractivity contribution in [2.45, 2.75) is 39.0 Å². The van der Waals surface area contributed by atoms with Crippen molar-refractivity contribution in [1.29, 1.82) is 0 Å². The van der Waals surface area contributed by atoms with Crippen LogP contribution in [0.4, 0.5) is 0 Å². The molecule has 0 radical (unpaired) electrons. The van der Waals surface area contributed by atoms with E-state index in [0.29, 0.717) is 12.0 Å². The Morgan fingerprint density at radius 3 is 2.50 bits per heavy atom. The number of carbonyl (C=O) groups is 1. The third kappa shape index (κ3) is 7.80. The van der Waals surface area contributed by atoms with Gasteiger partial charge in [-0.2, -0.15) is 0 Å². The standard InChI is InChI=1S/C11H21NO2/c1-3-12-9-7-5-4-6-8-10(2)11(13)14/h12H,2-9H2,1H3,(H,13,14). The van der Waals surface area contributed by atoms with Crippen LogP contribution in [0.3, 0.4) is 0 Å². The highest BCUT2D eigenvalue weighted by atomic mass is 16.4. The maximum absolute atomic E-state index is 10.4. The number of hydrogen-bond acceptors (Lipinski definition) is 2. The summed E-state index contributed by atoms with van der Waals surface area (Å²) in [7, 11) is 0. The summed E-state index contributed by atoms with van der Waals surface area (Å²) >= 11 is 0. The molecule has 0 spiro atoms. The topological polar surface area (TPSA) is 49.3 Å². The van der Waals surface area contributed by atoms with Gasteiger partial charge >= 0.3 is 5.97 Å². The van der Waals surface area contributed by atoms with E-state index in [1.165, 1.54) is 12.8 Å². The minimum absolute atomic E-state index is 0.330. The van der Waals surface area contributed by atoms with Crippen molar-refractivity contribution in [2.75, 3.05) is 13.1 Å². The van der Waals surface area contributed by atoms with Crippen molar-refractivity contribution in [3.8, 4) is 0 Å². The van der Waals surface area contributed by atoms with Gasteiger partial charge in [-0.15, -0.1) is 0 Å². The highest BCUT2D eigenvalue weighted by Gasteiger charge is 2.02. The van der Waals surface area contributed by atoms with Crippen LogP contribution >= 0.6 is 0 Å². The van der Waals surface area contributed by atoms with Gasteiger partial charge in [0.2, 0.25) is 0 Å². The van der Waals surface area contributed by atoms with Crippen molar-refractivity contribution < 1.29 is 9.90 Å². The maximum atomic E-state index is 10.4. The van der Waals surface area contributed by atoms with Crippen molar-refractivity contribution in [3.05, 3.63) is 12.2 Å². The lowest BCUT2D eigenvalue weighted by Gasteiger charge is -2.02. The van der Waals surface area contributed by atoms with Gasteiger partial charge in [-0.05, 0) is 32.4 Å². The first-order valence-electron chi connectivity index (χ1n) is 5.30. The summed E-state index contributed by atoms with van der Waals surface area (Å²) in [6.45, 7) is 7.67. The number of carboxylic acid groups (broad SMARTS) is 1. The van der Waals surface area contributed by atoms with E-state index in [9.17, 15) is 4.79 Å². The zero-order valence-corrected chi connectivity index (χ0v) is 9.01. The molecule has 0 rings (SSSR count). The van der Waals surface area contributed by atoms with Crippen LogP contribution in [0.25, 0.3) is 0 Å². The summed E-state index contributed by atoms with van der Waals surface area (Å²) in [6, 6.07) is 0. The molecule has 0 aromatic heterocycles. The van der Waals surface area contributed by atoms with E-state index in [1.54, 1.807) is 0 Å². The average molecular weight is 199 g/mol. The summed E-state index contributed by atoms with van der Waals surface area (Å²) in [5.74, 6) is -0.863. The molecule has 0 aliphatic rings. The molecule has 14 heavy (non-hydrogen) atoms. The van der Waals surface area contributed by atoms with Crippen molar-refractivity contribution in [2.24, 2.45) is 0 Å². The minimum Gasteiger partial charge on any atom is -0.478 e. The van der Waals surface area contributed by atoms with Crippen LogP contribution in [-0.4, -0.2) is 24.2 Å². The van der Waals surface area contributed by atoms with E-state index >= 15 is 0 Å². The Morgan fingerprint density at radius 1 is 1.29 bits per heavy atom. The molecule has 0 amide bonds. The van der Waals surface area contributed by atoms with Crippen molar-refractivity contribution >= 4 is 5.97 Å². The number of nitrogens with one attached hydrogen (secondary N) is 1. The van der Waals surface area contributed by atoms with Crippen molar-refractivity contribution in [1.82, 2.24) is 5.32 Å². The first-order chi connectivity index (χ1) is 6.68. The molecule has 0 bridgehead atoms. The predicted molar refractivity (Wildman–Crippen MR) is 58.4 cm³/mol. The Morgan fingerprint density at radius 2 is 1.93 bits per heavy atom. The van der Waals surface area contributed by atoms with Gasteiger partial charge in [-0.1, -0.05) is 26.3 Å². The molecular formula is C11H21NO2. The van der Waals surface area contributed by atoms with E-state index in [0.717, 1.165) is 25.9 Å². The molecule has 0 saturated heterocycles. The van der Waals surface area contributed by atoms with E-state index < -0.39 is 5.97 Å². The fourth-order valence-corrected chi connectivity index (χ4v) is 1.23. The molecule has 2 N–H and O–H groups in total. The highest BCUT2D eigenvalue weighted by molar-refractivity contribution is 5.85. The van der Waals surface area contributed by atoms with Crippen molar-refractivity contribution in [3.63, 3.8) is 0 Å². The Kier molecular flexibility index (Phi) is 8.24. The van der Waals surface area contributed by atoms with E-state index in [4.69, 9.17) is 5.11 Å². The van der Waals surface area contributed by atoms with Gasteiger partial charge in [0.05, 0.1) is 0 Å². The fraction of sp³-hybridized carbons (Fsp3) is 0.727. The average Bonchev–Trinajstić information content (AvgIpc) is 2.16. The monoisotopic (exact) mass is 199 g/mol. The summed E-state index contributed by atoms with van der Waals surface area (Å²) in [6.07, 6.45) is 5.00. The maximum Gasteiger partial charge on any atom is 0.330 e. The number of aliphatic carboxylic acids is 1. The number of hydrogen-bond donors (Lipinski definition) is 2. The molecular weight excluding hydrogens is 178 g/mol. The molecule has 0 saturated carbocycles. The van der Waals surface area contributed by atoms with E-state index in [1.807, 2.05) is 0 Å². The van der Waals surface area contributed by atoms with Crippen LogP contribution in [0.2, 0.25) is 0 Å². The summed E-state index contributed by atoms with van der Waals surface area (Å²) in [4.78, 5) is 10.4. The lowest BCUT2D eigenvalue weighted by atomic mass is 10.1. The number of unbranched alkanes of at least 4 members (excludes halogenated alkanes) is 3. The van der Waals surface area contributed by atoms with E-state index in [-0.39, 0.29) is 0 Å². The van der Waals surface area contributed by atoms with Gasteiger partial charge in [-0.25, -0.2) is 4.79 Å². The third-order valence-electron chi connectivity index (χ3n) is 2.13. The Balaban J connectivity index is 3.13. The molecule has 3 nitrogen and oxygen atoms in total. The zero-order chi connectivity index (χ0) is 10.8. The van der Waals surface area contributed by atoms with Crippen LogP contribution in [0, 0.1) is 0 Å². The molecule has 0 aliphatic heterocycles. The molecule has 0 aliphatic carbocycles. The first-order valence-corrected chi connectivity index (χ1v) is 5.30. The Bertz CT molecular complexity index is 178. The molecule has 0 aromatic carbocycles. The van der Waals surface area contributed by atoms with E-state index in [2.05, 4.69) is 18.8 Å². The van der Waals surface area contributed by atoms with Gasteiger partial charge in [0, 0.05) is 5.57 Å². The predicted octanol–water partition coefficient (Wildman–Crippen LogP) is 2.19. The normalized spacial score (nSPS) is 10.1. The summed E-state index contributed by atoms with van der Waals surface area (Å²) in [5.41, 5.74) is 0.330. The van der Waals surface area contributed by atoms with Crippen LogP contribution in [0.5, 0.6) is 0 Å². The van der Waals surface area contributed by atoms with Gasteiger partial charge in [0.25, 0.3) is 0 Å². The first kappa shape index (κ1) is 13.2. The smallest absolute Gasteiger partial charge is 0.330 e. The van der Waals surface area contributed by atoms with Gasteiger partial charge in [0.15, 0.2) is 0 Å². The largest absolute Gasteiger partial charge is 0.478 e. The SMILES string of the molecule is C=C(CCCCCCNCC)C(=O)O. The van der Waals surface area contributed by atoms with Gasteiger partial charge in [-0.3, -0.25) is 0 Å². The molecule has 82 valence electrons. The second-order valence-electron chi connectivity index (χ2n) is 3.43. The lowest BCUT2D eigenvalue weighted by Crippen LogP contribution is -2.13. The molecule has 0 fully saturated rings. The Hall–Kier alpha value is -0.830. The highest BCUT2D eigenvalue weighted by Crippen LogP contribution is 2.08. The fourth-order valence-electron chi connectivity index (χ4n) is 1.23. The summed E-state index contributed by atoms with van der Waals surface area (Å²) < 4.78 is 0. The third-order valence-corrected chi connectivity index (χ3v) is 2.13. The van der Waals surface area contributed by atoms with Gasteiger partial charge in [0.1, 0.15) is 0 Å². The second-order valence-corrected chi connectivity index (χ2v) is 3.43. The zero-order valence-electron chi connectivity index (χ0n) is 9.01. The second kappa shape index (κ2) is 8.75.